The van der Waals surface area contributed by atoms with E-state index < -0.39 is 5.97 Å². The van der Waals surface area contributed by atoms with Crippen LogP contribution in [0.25, 0.3) is 0 Å². The molecule has 15 heavy (non-hydrogen) atoms. The standard InChI is InChI=1S/C10H11IO4/c1-13-6-4-7(10(12)15-3)9(11)8(5-6)14-2/h4-5H,1-3H3. The van der Waals surface area contributed by atoms with E-state index in [1.807, 2.05) is 22.6 Å². The fourth-order valence-electron chi connectivity index (χ4n) is 1.10. The molecule has 4 nitrogen and oxygen atoms in total. The molecule has 0 aromatic heterocycles. The number of carbonyl (C=O) groups is 1. The second-order valence-corrected chi connectivity index (χ2v) is 3.76. The van der Waals surface area contributed by atoms with Gasteiger partial charge in [-0.1, -0.05) is 0 Å². The Morgan fingerprint density at radius 3 is 2.33 bits per heavy atom. The van der Waals surface area contributed by atoms with Gasteiger partial charge in [0.2, 0.25) is 0 Å². The number of ether oxygens (including phenoxy) is 3. The van der Waals surface area contributed by atoms with Crippen LogP contribution in [0.2, 0.25) is 0 Å². The number of rotatable bonds is 3. The molecule has 0 bridgehead atoms. The summed E-state index contributed by atoms with van der Waals surface area (Å²) >= 11 is 2.03. The van der Waals surface area contributed by atoms with Crippen LogP contribution in [0.15, 0.2) is 12.1 Å². The Kier molecular flexibility index (Phi) is 4.19. The molecule has 0 atom stereocenters. The summed E-state index contributed by atoms with van der Waals surface area (Å²) in [5.41, 5.74) is 0.439. The van der Waals surface area contributed by atoms with Crippen LogP contribution in [-0.4, -0.2) is 27.3 Å². The van der Waals surface area contributed by atoms with E-state index in [1.165, 1.54) is 21.3 Å². The van der Waals surface area contributed by atoms with Crippen LogP contribution in [0.5, 0.6) is 11.5 Å². The van der Waals surface area contributed by atoms with Crippen molar-refractivity contribution in [2.24, 2.45) is 0 Å². The fraction of sp³-hybridized carbons (Fsp3) is 0.300. The van der Waals surface area contributed by atoms with Gasteiger partial charge in [0, 0.05) is 6.07 Å². The van der Waals surface area contributed by atoms with Crippen LogP contribution in [-0.2, 0) is 4.74 Å². The van der Waals surface area contributed by atoms with Gasteiger partial charge in [-0.25, -0.2) is 4.79 Å². The highest BCUT2D eigenvalue weighted by molar-refractivity contribution is 14.1. The molecule has 0 unspecified atom stereocenters. The molecule has 0 fully saturated rings. The zero-order valence-corrected chi connectivity index (χ0v) is 10.8. The van der Waals surface area contributed by atoms with Crippen LogP contribution in [0.1, 0.15) is 10.4 Å². The number of halogens is 1. The molecule has 0 aliphatic carbocycles. The SMILES string of the molecule is COC(=O)c1cc(OC)cc(OC)c1I. The first-order chi connectivity index (χ1) is 7.13. The topological polar surface area (TPSA) is 44.8 Å². The van der Waals surface area contributed by atoms with Crippen LogP contribution in [0.3, 0.4) is 0 Å². The lowest BCUT2D eigenvalue weighted by Crippen LogP contribution is -2.05. The summed E-state index contributed by atoms with van der Waals surface area (Å²) in [5, 5.41) is 0. The smallest absolute Gasteiger partial charge is 0.339 e. The van der Waals surface area contributed by atoms with E-state index in [-0.39, 0.29) is 0 Å². The van der Waals surface area contributed by atoms with E-state index in [0.717, 1.165) is 0 Å². The minimum absolute atomic E-state index is 0.406. The van der Waals surface area contributed by atoms with Crippen molar-refractivity contribution in [1.82, 2.24) is 0 Å². The Hall–Kier alpha value is -0.980. The molecule has 0 heterocycles. The van der Waals surface area contributed by atoms with Crippen molar-refractivity contribution >= 4 is 28.6 Å². The molecule has 0 saturated heterocycles. The van der Waals surface area contributed by atoms with Crippen molar-refractivity contribution in [3.05, 3.63) is 21.3 Å². The Balaban J connectivity index is 3.30. The largest absolute Gasteiger partial charge is 0.497 e. The van der Waals surface area contributed by atoms with E-state index in [9.17, 15) is 4.79 Å². The van der Waals surface area contributed by atoms with E-state index in [1.54, 1.807) is 12.1 Å². The average Bonchev–Trinajstić information content (AvgIpc) is 2.28. The van der Waals surface area contributed by atoms with Gasteiger partial charge in [0.05, 0.1) is 30.5 Å². The first kappa shape index (κ1) is 12.1. The van der Waals surface area contributed by atoms with Gasteiger partial charge >= 0.3 is 5.97 Å². The van der Waals surface area contributed by atoms with Gasteiger partial charge in [0.15, 0.2) is 0 Å². The Morgan fingerprint density at radius 1 is 1.20 bits per heavy atom. The summed E-state index contributed by atoms with van der Waals surface area (Å²) in [6.07, 6.45) is 0. The first-order valence-corrected chi connectivity index (χ1v) is 5.21. The Labute approximate surface area is 102 Å². The maximum absolute atomic E-state index is 11.4. The summed E-state index contributed by atoms with van der Waals surface area (Å²) in [5.74, 6) is 0.750. The molecule has 82 valence electrons. The van der Waals surface area contributed by atoms with Gasteiger partial charge in [-0.05, 0) is 28.7 Å². The van der Waals surface area contributed by atoms with E-state index in [4.69, 9.17) is 9.47 Å². The second-order valence-electron chi connectivity index (χ2n) is 2.68. The zero-order chi connectivity index (χ0) is 11.4. The molecule has 0 radical (unpaired) electrons. The van der Waals surface area contributed by atoms with Crippen molar-refractivity contribution in [3.63, 3.8) is 0 Å². The number of hydrogen-bond donors (Lipinski definition) is 0. The quantitative estimate of drug-likeness (QED) is 0.631. The highest BCUT2D eigenvalue weighted by Crippen LogP contribution is 2.30. The van der Waals surface area contributed by atoms with Crippen LogP contribution < -0.4 is 9.47 Å². The number of benzene rings is 1. The lowest BCUT2D eigenvalue weighted by atomic mass is 10.2. The molecular weight excluding hydrogens is 311 g/mol. The van der Waals surface area contributed by atoms with E-state index in [0.29, 0.717) is 20.6 Å². The fourth-order valence-corrected chi connectivity index (χ4v) is 1.85. The maximum atomic E-state index is 11.4. The summed E-state index contributed by atoms with van der Waals surface area (Å²) in [6.45, 7) is 0. The minimum atomic E-state index is -0.406. The molecule has 1 aromatic carbocycles. The summed E-state index contributed by atoms with van der Waals surface area (Å²) < 4.78 is 15.6. The second kappa shape index (κ2) is 5.20. The van der Waals surface area contributed by atoms with Crippen molar-refractivity contribution in [1.29, 1.82) is 0 Å². The molecule has 0 N–H and O–H groups in total. The zero-order valence-electron chi connectivity index (χ0n) is 8.67. The molecule has 0 spiro atoms. The molecule has 1 aromatic rings. The van der Waals surface area contributed by atoms with Gasteiger partial charge in [-0.3, -0.25) is 0 Å². The third-order valence-corrected chi connectivity index (χ3v) is 2.99. The highest BCUT2D eigenvalue weighted by Gasteiger charge is 2.16. The van der Waals surface area contributed by atoms with Crippen molar-refractivity contribution in [3.8, 4) is 11.5 Å². The minimum Gasteiger partial charge on any atom is -0.497 e. The van der Waals surface area contributed by atoms with Crippen molar-refractivity contribution in [2.45, 2.75) is 0 Å². The van der Waals surface area contributed by atoms with E-state index in [2.05, 4.69) is 4.74 Å². The summed E-state index contributed by atoms with van der Waals surface area (Å²) in [6, 6.07) is 3.34. The molecular formula is C10H11IO4. The van der Waals surface area contributed by atoms with Gasteiger partial charge in [-0.2, -0.15) is 0 Å². The molecule has 5 heteroatoms. The number of esters is 1. The number of hydrogen-bond acceptors (Lipinski definition) is 4. The van der Waals surface area contributed by atoms with E-state index >= 15 is 0 Å². The predicted molar refractivity (Wildman–Crippen MR) is 63.6 cm³/mol. The third kappa shape index (κ3) is 2.53. The van der Waals surface area contributed by atoms with Gasteiger partial charge in [0.1, 0.15) is 11.5 Å². The number of carbonyl (C=O) groups excluding carboxylic acids is 1. The normalized spacial score (nSPS) is 9.60. The van der Waals surface area contributed by atoms with Gasteiger partial charge in [-0.15, -0.1) is 0 Å². The molecule has 0 saturated carbocycles. The van der Waals surface area contributed by atoms with Gasteiger partial charge in [0.25, 0.3) is 0 Å². The average molecular weight is 322 g/mol. The number of methoxy groups -OCH3 is 3. The maximum Gasteiger partial charge on any atom is 0.339 e. The molecule has 1 rings (SSSR count). The molecule has 0 amide bonds. The van der Waals surface area contributed by atoms with Crippen molar-refractivity contribution in [2.75, 3.05) is 21.3 Å². The summed E-state index contributed by atoms with van der Waals surface area (Å²) in [4.78, 5) is 11.4. The lowest BCUT2D eigenvalue weighted by molar-refractivity contribution is 0.0598. The lowest BCUT2D eigenvalue weighted by Gasteiger charge is -2.10. The monoisotopic (exact) mass is 322 g/mol. The van der Waals surface area contributed by atoms with Crippen LogP contribution in [0.4, 0.5) is 0 Å². The highest BCUT2D eigenvalue weighted by atomic mass is 127. The Morgan fingerprint density at radius 2 is 1.87 bits per heavy atom. The van der Waals surface area contributed by atoms with Crippen LogP contribution in [0, 0.1) is 3.57 Å². The predicted octanol–water partition coefficient (Wildman–Crippen LogP) is 2.09. The van der Waals surface area contributed by atoms with Crippen molar-refractivity contribution < 1.29 is 19.0 Å². The first-order valence-electron chi connectivity index (χ1n) is 4.13. The summed E-state index contributed by atoms with van der Waals surface area (Å²) in [7, 11) is 4.41. The third-order valence-electron chi connectivity index (χ3n) is 1.87. The molecule has 0 aliphatic heterocycles. The van der Waals surface area contributed by atoms with Gasteiger partial charge < -0.3 is 14.2 Å². The van der Waals surface area contributed by atoms with Crippen LogP contribution >= 0.6 is 22.6 Å². The molecule has 0 aliphatic rings. The Bertz CT molecular complexity index is 376.